The summed E-state index contributed by atoms with van der Waals surface area (Å²) in [6.07, 6.45) is 5.56. The number of nitrogens with one attached hydrogen (secondary N) is 1. The van der Waals surface area contributed by atoms with Gasteiger partial charge in [-0.3, -0.25) is 9.97 Å². The zero-order valence-electron chi connectivity index (χ0n) is 5.73. The topological polar surface area (TPSA) is 73.4 Å². The van der Waals surface area contributed by atoms with Crippen molar-refractivity contribution in [3.63, 3.8) is 0 Å². The summed E-state index contributed by atoms with van der Waals surface area (Å²) in [4.78, 5) is 7.67. The third kappa shape index (κ3) is 1.58. The van der Waals surface area contributed by atoms with Crippen molar-refractivity contribution in [3.05, 3.63) is 24.3 Å². The lowest BCUT2D eigenvalue weighted by molar-refractivity contribution is 1.01. The van der Waals surface area contributed by atoms with Gasteiger partial charge in [-0.25, -0.2) is 0 Å². The molecule has 0 saturated heterocycles. The highest BCUT2D eigenvalue weighted by Crippen LogP contribution is 2.05. The summed E-state index contributed by atoms with van der Waals surface area (Å²) in [6, 6.07) is 1.92. The van der Waals surface area contributed by atoms with Crippen molar-refractivity contribution in [1.82, 2.24) is 9.97 Å². The third-order valence-corrected chi connectivity index (χ3v) is 1.21. The van der Waals surface area contributed by atoms with Crippen LogP contribution in [0.3, 0.4) is 0 Å². The number of nitriles is 1. The van der Waals surface area contributed by atoms with Gasteiger partial charge in [0.2, 0.25) is 0 Å². The van der Waals surface area contributed by atoms with Crippen LogP contribution in [0.1, 0.15) is 11.6 Å². The molecule has 0 spiro atoms. The van der Waals surface area contributed by atoms with Gasteiger partial charge in [-0.1, -0.05) is 0 Å². The first-order valence-corrected chi connectivity index (χ1v) is 3.04. The molecule has 1 heterocycles. The van der Waals surface area contributed by atoms with Crippen molar-refractivity contribution < 1.29 is 0 Å². The van der Waals surface area contributed by atoms with Crippen molar-refractivity contribution in [2.24, 2.45) is 0 Å². The molecule has 4 heteroatoms. The van der Waals surface area contributed by atoms with Gasteiger partial charge in [0, 0.05) is 18.6 Å². The Labute approximate surface area is 64.0 Å². The smallest absolute Gasteiger partial charge is 0.124 e. The molecule has 1 unspecified atom stereocenters. The molecule has 0 saturated carbocycles. The summed E-state index contributed by atoms with van der Waals surface area (Å²) in [5, 5.41) is 15.4. The van der Waals surface area contributed by atoms with Crippen LogP contribution in [0.25, 0.3) is 0 Å². The number of nitrogens with zero attached hydrogens (tertiary/aromatic N) is 3. The predicted octanol–water partition coefficient (Wildman–Crippen LogP) is 0.733. The first-order chi connectivity index (χ1) is 5.38. The minimum absolute atomic E-state index is 0.519. The van der Waals surface area contributed by atoms with Gasteiger partial charge in [0.05, 0.1) is 18.0 Å². The monoisotopic (exact) mass is 146 g/mol. The summed E-state index contributed by atoms with van der Waals surface area (Å²) >= 11 is 0. The van der Waals surface area contributed by atoms with Crippen LogP contribution in [-0.4, -0.2) is 16.2 Å². The molecule has 0 fully saturated rings. The third-order valence-electron chi connectivity index (χ3n) is 1.21. The van der Waals surface area contributed by atoms with E-state index in [9.17, 15) is 0 Å². The van der Waals surface area contributed by atoms with Gasteiger partial charge in [0.1, 0.15) is 5.92 Å². The van der Waals surface area contributed by atoms with E-state index in [-0.39, 0.29) is 0 Å². The van der Waals surface area contributed by atoms with E-state index in [0.29, 0.717) is 5.69 Å². The van der Waals surface area contributed by atoms with Crippen LogP contribution in [0.5, 0.6) is 0 Å². The van der Waals surface area contributed by atoms with E-state index in [0.717, 1.165) is 6.21 Å². The lowest BCUT2D eigenvalue weighted by Crippen LogP contribution is -1.99. The standard InChI is InChI=1S/C7H6N4/c8-3-6(4-9)7-5-10-1-2-11-7/h1-3,5-6,8H. The highest BCUT2D eigenvalue weighted by atomic mass is 14.8. The van der Waals surface area contributed by atoms with E-state index in [1.807, 2.05) is 6.07 Å². The molecule has 1 aromatic heterocycles. The van der Waals surface area contributed by atoms with Crippen molar-refractivity contribution in [2.75, 3.05) is 0 Å². The minimum atomic E-state index is -0.566. The van der Waals surface area contributed by atoms with Crippen LogP contribution < -0.4 is 0 Å². The van der Waals surface area contributed by atoms with Crippen LogP contribution in [0.15, 0.2) is 18.6 Å². The molecule has 0 aliphatic rings. The zero-order chi connectivity index (χ0) is 8.10. The SMILES string of the molecule is N#CC(C=N)c1cnccn1. The summed E-state index contributed by atoms with van der Waals surface area (Å²) in [6.45, 7) is 0. The van der Waals surface area contributed by atoms with Crippen LogP contribution in [-0.2, 0) is 0 Å². The highest BCUT2D eigenvalue weighted by Gasteiger charge is 2.06. The van der Waals surface area contributed by atoms with Gasteiger partial charge in [0.25, 0.3) is 0 Å². The molecular weight excluding hydrogens is 140 g/mol. The maximum absolute atomic E-state index is 8.51. The molecule has 54 valence electrons. The number of aromatic nitrogens is 2. The van der Waals surface area contributed by atoms with E-state index in [2.05, 4.69) is 9.97 Å². The van der Waals surface area contributed by atoms with Crippen molar-refractivity contribution in [3.8, 4) is 6.07 Å². The summed E-state index contributed by atoms with van der Waals surface area (Å²) in [5.74, 6) is -0.566. The maximum Gasteiger partial charge on any atom is 0.124 e. The molecule has 1 aromatic rings. The van der Waals surface area contributed by atoms with Crippen LogP contribution in [0, 0.1) is 16.7 Å². The largest absolute Gasteiger partial charge is 0.311 e. The fourth-order valence-corrected chi connectivity index (χ4v) is 0.660. The van der Waals surface area contributed by atoms with Crippen molar-refractivity contribution in [2.45, 2.75) is 5.92 Å². The molecule has 1 rings (SSSR count). The van der Waals surface area contributed by atoms with Gasteiger partial charge in [-0.05, 0) is 0 Å². The molecule has 1 N–H and O–H groups in total. The molecule has 1 atom stereocenters. The lowest BCUT2D eigenvalue weighted by Gasteiger charge is -1.97. The van der Waals surface area contributed by atoms with E-state index in [1.54, 1.807) is 0 Å². The predicted molar refractivity (Wildman–Crippen MR) is 39.2 cm³/mol. The van der Waals surface area contributed by atoms with Crippen molar-refractivity contribution in [1.29, 1.82) is 10.7 Å². The van der Waals surface area contributed by atoms with Gasteiger partial charge in [-0.15, -0.1) is 0 Å². The fraction of sp³-hybridized carbons (Fsp3) is 0.143. The summed E-state index contributed by atoms with van der Waals surface area (Å²) < 4.78 is 0. The zero-order valence-corrected chi connectivity index (χ0v) is 5.73. The molecule has 4 nitrogen and oxygen atoms in total. The molecule has 0 bridgehead atoms. The quantitative estimate of drug-likeness (QED) is 0.625. The van der Waals surface area contributed by atoms with Gasteiger partial charge < -0.3 is 5.41 Å². The number of hydrogen-bond acceptors (Lipinski definition) is 4. The van der Waals surface area contributed by atoms with E-state index >= 15 is 0 Å². The fourth-order valence-electron chi connectivity index (χ4n) is 0.660. The average molecular weight is 146 g/mol. The Morgan fingerprint density at radius 2 is 2.45 bits per heavy atom. The van der Waals surface area contributed by atoms with Crippen LogP contribution in [0.4, 0.5) is 0 Å². The second-order valence-electron chi connectivity index (χ2n) is 1.90. The Hall–Kier alpha value is -1.76. The second kappa shape index (κ2) is 3.42. The summed E-state index contributed by atoms with van der Waals surface area (Å²) in [5.41, 5.74) is 0.519. The van der Waals surface area contributed by atoms with Crippen LogP contribution in [0.2, 0.25) is 0 Å². The van der Waals surface area contributed by atoms with Gasteiger partial charge in [0.15, 0.2) is 0 Å². The second-order valence-corrected chi connectivity index (χ2v) is 1.90. The molecular formula is C7H6N4. The average Bonchev–Trinajstić information content (AvgIpc) is 2.09. The number of rotatable bonds is 2. The van der Waals surface area contributed by atoms with E-state index < -0.39 is 5.92 Å². The first kappa shape index (κ1) is 7.35. The molecule has 0 radical (unpaired) electrons. The van der Waals surface area contributed by atoms with E-state index in [1.165, 1.54) is 18.6 Å². The highest BCUT2D eigenvalue weighted by molar-refractivity contribution is 5.67. The van der Waals surface area contributed by atoms with Gasteiger partial charge >= 0.3 is 0 Å². The van der Waals surface area contributed by atoms with Gasteiger partial charge in [-0.2, -0.15) is 5.26 Å². The molecule has 0 amide bonds. The first-order valence-electron chi connectivity index (χ1n) is 3.04. The Bertz CT molecular complexity index is 274. The Kier molecular flexibility index (Phi) is 2.28. The Balaban J connectivity index is 2.93. The molecule has 0 aromatic carbocycles. The Morgan fingerprint density at radius 1 is 1.64 bits per heavy atom. The van der Waals surface area contributed by atoms with Crippen LogP contribution >= 0.6 is 0 Å². The Morgan fingerprint density at radius 3 is 2.91 bits per heavy atom. The normalized spacial score (nSPS) is 11.5. The lowest BCUT2D eigenvalue weighted by atomic mass is 10.1. The molecule has 0 aliphatic carbocycles. The summed E-state index contributed by atoms with van der Waals surface area (Å²) in [7, 11) is 0. The number of hydrogen-bond donors (Lipinski definition) is 1. The van der Waals surface area contributed by atoms with E-state index in [4.69, 9.17) is 10.7 Å². The van der Waals surface area contributed by atoms with Crippen molar-refractivity contribution >= 4 is 6.21 Å². The minimum Gasteiger partial charge on any atom is -0.311 e. The molecule has 0 aliphatic heterocycles. The maximum atomic E-state index is 8.51. The molecule has 11 heavy (non-hydrogen) atoms.